The Bertz CT molecular complexity index is 367. The van der Waals surface area contributed by atoms with Crippen molar-refractivity contribution in [3.05, 3.63) is 24.3 Å². The second-order valence-electron chi connectivity index (χ2n) is 4.13. The molecule has 4 heteroatoms. The molecule has 0 atom stereocenters. The zero-order valence-corrected chi connectivity index (χ0v) is 11.2. The van der Waals surface area contributed by atoms with Crippen molar-refractivity contribution in [1.29, 1.82) is 0 Å². The van der Waals surface area contributed by atoms with E-state index in [0.29, 0.717) is 6.42 Å². The van der Waals surface area contributed by atoms with Crippen molar-refractivity contribution in [3.8, 4) is 5.75 Å². The zero-order chi connectivity index (χ0) is 13.2. The van der Waals surface area contributed by atoms with Crippen LogP contribution < -0.4 is 15.4 Å². The number of methoxy groups -OCH3 is 1. The number of anilines is 1. The maximum Gasteiger partial charge on any atom is 0.225 e. The van der Waals surface area contributed by atoms with Gasteiger partial charge in [-0.05, 0) is 25.1 Å². The van der Waals surface area contributed by atoms with E-state index in [2.05, 4.69) is 17.6 Å². The first-order chi connectivity index (χ1) is 8.76. The smallest absolute Gasteiger partial charge is 0.225 e. The summed E-state index contributed by atoms with van der Waals surface area (Å²) in [6.45, 7) is 3.84. The molecule has 1 rings (SSSR count). The largest absolute Gasteiger partial charge is 0.497 e. The topological polar surface area (TPSA) is 50.4 Å². The van der Waals surface area contributed by atoms with Crippen LogP contribution in [0.2, 0.25) is 0 Å². The van der Waals surface area contributed by atoms with E-state index in [4.69, 9.17) is 4.74 Å². The third kappa shape index (κ3) is 5.68. The molecule has 0 saturated carbocycles. The molecule has 1 aromatic carbocycles. The van der Waals surface area contributed by atoms with Gasteiger partial charge in [-0.15, -0.1) is 0 Å². The summed E-state index contributed by atoms with van der Waals surface area (Å²) in [4.78, 5) is 11.7. The number of benzene rings is 1. The first kappa shape index (κ1) is 14.5. The minimum absolute atomic E-state index is 0.0206. The minimum Gasteiger partial charge on any atom is -0.497 e. The lowest BCUT2D eigenvalue weighted by Gasteiger charge is -2.07. The van der Waals surface area contributed by atoms with E-state index < -0.39 is 0 Å². The molecule has 0 radical (unpaired) electrons. The van der Waals surface area contributed by atoms with E-state index in [1.54, 1.807) is 7.11 Å². The first-order valence-corrected chi connectivity index (χ1v) is 6.41. The van der Waals surface area contributed by atoms with Crippen molar-refractivity contribution in [1.82, 2.24) is 5.32 Å². The second-order valence-corrected chi connectivity index (χ2v) is 4.13. The molecule has 0 unspecified atom stereocenters. The molecule has 0 saturated heterocycles. The lowest BCUT2D eigenvalue weighted by Crippen LogP contribution is -2.22. The van der Waals surface area contributed by atoms with E-state index in [9.17, 15) is 4.79 Å². The highest BCUT2D eigenvalue weighted by atomic mass is 16.5. The molecule has 1 amide bonds. The van der Waals surface area contributed by atoms with Crippen molar-refractivity contribution < 1.29 is 9.53 Å². The van der Waals surface area contributed by atoms with Crippen molar-refractivity contribution in [2.75, 3.05) is 25.5 Å². The molecule has 18 heavy (non-hydrogen) atoms. The molecule has 1 aromatic rings. The monoisotopic (exact) mass is 250 g/mol. The molecule has 0 aliphatic rings. The molecule has 4 nitrogen and oxygen atoms in total. The lowest BCUT2D eigenvalue weighted by molar-refractivity contribution is -0.116. The summed E-state index contributed by atoms with van der Waals surface area (Å²) < 4.78 is 5.10. The molecule has 0 fully saturated rings. The Morgan fingerprint density at radius 3 is 2.89 bits per heavy atom. The number of hydrogen-bond acceptors (Lipinski definition) is 3. The summed E-state index contributed by atoms with van der Waals surface area (Å²) in [5.41, 5.74) is 0.771. The van der Waals surface area contributed by atoms with Gasteiger partial charge in [-0.1, -0.05) is 19.4 Å². The molecular formula is C14H22N2O2. The first-order valence-electron chi connectivity index (χ1n) is 6.41. The standard InChI is InChI=1S/C14H22N2O2/c1-3-4-9-15-10-8-14(17)16-12-6-5-7-13(11-12)18-2/h5-7,11,15H,3-4,8-10H2,1-2H3,(H,16,17). The van der Waals surface area contributed by atoms with E-state index >= 15 is 0 Å². The number of hydrogen-bond donors (Lipinski definition) is 2. The average Bonchev–Trinajstić information content (AvgIpc) is 2.38. The number of carbonyl (C=O) groups excluding carboxylic acids is 1. The van der Waals surface area contributed by atoms with Crippen LogP contribution in [0.15, 0.2) is 24.3 Å². The molecule has 0 aromatic heterocycles. The number of nitrogens with one attached hydrogen (secondary N) is 2. The normalized spacial score (nSPS) is 10.1. The lowest BCUT2D eigenvalue weighted by atomic mass is 10.3. The van der Waals surface area contributed by atoms with Gasteiger partial charge < -0.3 is 15.4 Å². The fourth-order valence-corrected chi connectivity index (χ4v) is 1.55. The third-order valence-electron chi connectivity index (χ3n) is 2.59. The molecule has 100 valence electrons. The number of carbonyl (C=O) groups is 1. The molecule has 0 aliphatic carbocycles. The van der Waals surface area contributed by atoms with Crippen LogP contribution in [0, 0.1) is 0 Å². The van der Waals surface area contributed by atoms with E-state index in [1.807, 2.05) is 24.3 Å². The minimum atomic E-state index is 0.0206. The van der Waals surface area contributed by atoms with E-state index in [-0.39, 0.29) is 5.91 Å². The number of rotatable bonds is 8. The van der Waals surface area contributed by atoms with Gasteiger partial charge in [-0.3, -0.25) is 4.79 Å². The maximum atomic E-state index is 11.7. The summed E-state index contributed by atoms with van der Waals surface area (Å²) in [6.07, 6.45) is 2.81. The van der Waals surface area contributed by atoms with Crippen LogP contribution in [0.3, 0.4) is 0 Å². The average molecular weight is 250 g/mol. The summed E-state index contributed by atoms with van der Waals surface area (Å²) >= 11 is 0. The Morgan fingerprint density at radius 1 is 1.33 bits per heavy atom. The van der Waals surface area contributed by atoms with Crippen molar-refractivity contribution in [2.24, 2.45) is 0 Å². The van der Waals surface area contributed by atoms with Gasteiger partial charge in [-0.2, -0.15) is 0 Å². The van der Waals surface area contributed by atoms with Crippen molar-refractivity contribution >= 4 is 11.6 Å². The highest BCUT2D eigenvalue weighted by Crippen LogP contribution is 2.16. The van der Waals surface area contributed by atoms with Crippen molar-refractivity contribution in [3.63, 3.8) is 0 Å². The van der Waals surface area contributed by atoms with Gasteiger partial charge >= 0.3 is 0 Å². The quantitative estimate of drug-likeness (QED) is 0.697. The Hall–Kier alpha value is -1.55. The van der Waals surface area contributed by atoms with Crippen LogP contribution in [0.1, 0.15) is 26.2 Å². The molecule has 0 spiro atoms. The summed E-state index contributed by atoms with van der Waals surface area (Å²) in [7, 11) is 1.61. The van der Waals surface area contributed by atoms with E-state index in [1.165, 1.54) is 6.42 Å². The van der Waals surface area contributed by atoms with E-state index in [0.717, 1.165) is 30.9 Å². The van der Waals surface area contributed by atoms with Gasteiger partial charge in [-0.25, -0.2) is 0 Å². The fraction of sp³-hybridized carbons (Fsp3) is 0.500. The zero-order valence-electron chi connectivity index (χ0n) is 11.2. The molecule has 0 aliphatic heterocycles. The van der Waals surface area contributed by atoms with Gasteiger partial charge in [0.05, 0.1) is 7.11 Å². The summed E-state index contributed by atoms with van der Waals surface area (Å²) in [5.74, 6) is 0.765. The SMILES string of the molecule is CCCCNCCC(=O)Nc1cccc(OC)c1. The highest BCUT2D eigenvalue weighted by Gasteiger charge is 2.02. The maximum absolute atomic E-state index is 11.7. The van der Waals surface area contributed by atoms with Gasteiger partial charge in [0.2, 0.25) is 5.91 Å². The van der Waals surface area contributed by atoms with Crippen LogP contribution in [0.25, 0.3) is 0 Å². The Kier molecular flexibility index (Phi) is 6.87. The summed E-state index contributed by atoms with van der Waals surface area (Å²) in [5, 5.41) is 6.09. The van der Waals surface area contributed by atoms with Crippen LogP contribution in [-0.2, 0) is 4.79 Å². The van der Waals surface area contributed by atoms with Crippen LogP contribution in [0.4, 0.5) is 5.69 Å². The van der Waals surface area contributed by atoms with Gasteiger partial charge in [0.1, 0.15) is 5.75 Å². The number of amides is 1. The van der Waals surface area contributed by atoms with Crippen LogP contribution in [0.5, 0.6) is 5.75 Å². The molecule has 2 N–H and O–H groups in total. The summed E-state index contributed by atoms with van der Waals surface area (Å²) in [6, 6.07) is 7.36. The fourth-order valence-electron chi connectivity index (χ4n) is 1.55. The predicted octanol–water partition coefficient (Wildman–Crippen LogP) is 2.41. The van der Waals surface area contributed by atoms with Gasteiger partial charge in [0, 0.05) is 24.7 Å². The molecular weight excluding hydrogens is 228 g/mol. The third-order valence-corrected chi connectivity index (χ3v) is 2.59. The Morgan fingerprint density at radius 2 is 2.17 bits per heavy atom. The van der Waals surface area contributed by atoms with Gasteiger partial charge in [0.25, 0.3) is 0 Å². The molecule has 0 bridgehead atoms. The van der Waals surface area contributed by atoms with Crippen LogP contribution >= 0.6 is 0 Å². The molecule has 0 heterocycles. The Balaban J connectivity index is 2.26. The van der Waals surface area contributed by atoms with Crippen molar-refractivity contribution in [2.45, 2.75) is 26.2 Å². The number of ether oxygens (including phenoxy) is 1. The number of unbranched alkanes of at least 4 members (excludes halogenated alkanes) is 1. The highest BCUT2D eigenvalue weighted by molar-refractivity contribution is 5.90. The predicted molar refractivity (Wildman–Crippen MR) is 74.0 cm³/mol. The Labute approximate surface area is 109 Å². The van der Waals surface area contributed by atoms with Crippen LogP contribution in [-0.4, -0.2) is 26.1 Å². The van der Waals surface area contributed by atoms with Gasteiger partial charge in [0.15, 0.2) is 0 Å². The second kappa shape index (κ2) is 8.53.